The number of hydrogen-bond donors (Lipinski definition) is 1. The van der Waals surface area contributed by atoms with Crippen LogP contribution in [-0.2, 0) is 9.53 Å². The number of carbonyl (C=O) groups is 2. The van der Waals surface area contributed by atoms with Gasteiger partial charge in [0.05, 0.1) is 13.2 Å². The first-order valence-electron chi connectivity index (χ1n) is 9.38. The highest BCUT2D eigenvalue weighted by Crippen LogP contribution is 2.26. The molecule has 4 rings (SSSR count). The summed E-state index contributed by atoms with van der Waals surface area (Å²) < 4.78 is 19.1. The van der Waals surface area contributed by atoms with Gasteiger partial charge in [-0.15, -0.1) is 0 Å². The summed E-state index contributed by atoms with van der Waals surface area (Å²) in [6, 6.07) is 11.1. The van der Waals surface area contributed by atoms with E-state index in [0.717, 1.165) is 0 Å². The maximum Gasteiger partial charge on any atom is 0.253 e. The van der Waals surface area contributed by atoms with E-state index in [1.165, 1.54) is 12.1 Å². The highest BCUT2D eigenvalue weighted by molar-refractivity contribution is 6.30. The monoisotopic (exact) mass is 417 g/mol. The van der Waals surface area contributed by atoms with E-state index in [9.17, 15) is 14.0 Å². The highest BCUT2D eigenvalue weighted by Gasteiger charge is 2.45. The van der Waals surface area contributed by atoms with Crippen molar-refractivity contribution in [3.05, 3.63) is 58.9 Å². The Balaban J connectivity index is 1.40. The summed E-state index contributed by atoms with van der Waals surface area (Å²) in [5, 5.41) is 0.446. The van der Waals surface area contributed by atoms with Crippen LogP contribution in [0.2, 0.25) is 5.02 Å². The Labute approximate surface area is 173 Å². The van der Waals surface area contributed by atoms with Gasteiger partial charge in [0.25, 0.3) is 5.91 Å². The Bertz CT molecular complexity index is 939. The predicted octanol–water partition coefficient (Wildman–Crippen LogP) is 2.16. The number of nitrogens with two attached hydrogens (primary N) is 1. The van der Waals surface area contributed by atoms with Crippen molar-refractivity contribution in [3.8, 4) is 11.1 Å². The Morgan fingerprint density at radius 2 is 1.62 bits per heavy atom. The lowest BCUT2D eigenvalue weighted by Gasteiger charge is -2.43. The lowest BCUT2D eigenvalue weighted by Crippen LogP contribution is -2.68. The molecule has 2 heterocycles. The van der Waals surface area contributed by atoms with Crippen molar-refractivity contribution in [2.45, 2.75) is 5.54 Å². The van der Waals surface area contributed by atoms with E-state index in [1.54, 1.807) is 40.1 Å². The third-order valence-corrected chi connectivity index (χ3v) is 5.61. The molecule has 0 aromatic heterocycles. The van der Waals surface area contributed by atoms with E-state index in [1.807, 2.05) is 0 Å². The lowest BCUT2D eigenvalue weighted by atomic mass is 9.96. The van der Waals surface area contributed by atoms with Gasteiger partial charge in [-0.3, -0.25) is 9.59 Å². The van der Waals surface area contributed by atoms with Gasteiger partial charge in [0.2, 0.25) is 5.91 Å². The van der Waals surface area contributed by atoms with Crippen LogP contribution in [0.15, 0.2) is 42.5 Å². The van der Waals surface area contributed by atoms with Crippen molar-refractivity contribution in [3.63, 3.8) is 0 Å². The molecular weight excluding hydrogens is 397 g/mol. The van der Waals surface area contributed by atoms with Gasteiger partial charge in [0, 0.05) is 42.3 Å². The SMILES string of the molecule is NC1(C(=O)N2CCN(C(=O)c3ccc(-c4cc(Cl)ccc4F)cc3)CC2)COC1. The minimum absolute atomic E-state index is 0.121. The molecule has 2 aliphatic heterocycles. The van der Waals surface area contributed by atoms with E-state index in [0.29, 0.717) is 47.9 Å². The van der Waals surface area contributed by atoms with E-state index in [-0.39, 0.29) is 30.8 Å². The largest absolute Gasteiger partial charge is 0.376 e. The van der Waals surface area contributed by atoms with Crippen LogP contribution in [0.5, 0.6) is 0 Å². The van der Waals surface area contributed by atoms with E-state index >= 15 is 0 Å². The van der Waals surface area contributed by atoms with E-state index < -0.39 is 5.54 Å². The third kappa shape index (κ3) is 3.85. The number of halogens is 2. The van der Waals surface area contributed by atoms with Crippen molar-refractivity contribution in [2.75, 3.05) is 39.4 Å². The average molecular weight is 418 g/mol. The van der Waals surface area contributed by atoms with E-state index in [2.05, 4.69) is 0 Å². The maximum atomic E-state index is 14.0. The molecule has 0 atom stereocenters. The molecule has 2 N–H and O–H groups in total. The van der Waals surface area contributed by atoms with Gasteiger partial charge in [-0.1, -0.05) is 23.7 Å². The first-order valence-corrected chi connectivity index (χ1v) is 9.76. The minimum atomic E-state index is -0.919. The Kier molecular flexibility index (Phi) is 5.29. The number of carbonyl (C=O) groups excluding carboxylic acids is 2. The molecule has 0 radical (unpaired) electrons. The molecule has 6 nitrogen and oxygen atoms in total. The van der Waals surface area contributed by atoms with Crippen LogP contribution >= 0.6 is 11.6 Å². The molecule has 0 aliphatic carbocycles. The highest BCUT2D eigenvalue weighted by atomic mass is 35.5. The standard InChI is InChI=1S/C21H21ClFN3O3/c22-16-5-6-18(23)17(11-16)14-1-3-15(4-2-14)19(27)25-7-9-26(10-8-25)20(28)21(24)12-29-13-21/h1-6,11H,7-10,12-13,24H2. The van der Waals surface area contributed by atoms with Crippen molar-refractivity contribution >= 4 is 23.4 Å². The molecule has 0 unspecified atom stereocenters. The van der Waals surface area contributed by atoms with Crippen molar-refractivity contribution in [2.24, 2.45) is 5.73 Å². The third-order valence-electron chi connectivity index (χ3n) is 5.37. The van der Waals surface area contributed by atoms with Crippen LogP contribution in [0.25, 0.3) is 11.1 Å². The fraction of sp³-hybridized carbons (Fsp3) is 0.333. The topological polar surface area (TPSA) is 75.9 Å². The molecule has 8 heteroatoms. The summed E-state index contributed by atoms with van der Waals surface area (Å²) in [4.78, 5) is 28.6. The predicted molar refractivity (Wildman–Crippen MR) is 107 cm³/mol. The zero-order chi connectivity index (χ0) is 20.6. The molecular formula is C21H21ClFN3O3. The van der Waals surface area contributed by atoms with Crippen molar-refractivity contribution in [1.29, 1.82) is 0 Å². The average Bonchev–Trinajstić information content (AvgIpc) is 2.73. The smallest absolute Gasteiger partial charge is 0.253 e. The van der Waals surface area contributed by atoms with Crippen LogP contribution in [0.3, 0.4) is 0 Å². The van der Waals surface area contributed by atoms with Gasteiger partial charge in [-0.25, -0.2) is 4.39 Å². The first-order chi connectivity index (χ1) is 13.9. The zero-order valence-corrected chi connectivity index (χ0v) is 16.5. The van der Waals surface area contributed by atoms with Crippen LogP contribution in [0.4, 0.5) is 4.39 Å². The van der Waals surface area contributed by atoms with Crippen molar-refractivity contribution in [1.82, 2.24) is 9.80 Å². The summed E-state index contributed by atoms with van der Waals surface area (Å²) in [5.74, 6) is -0.614. The van der Waals surface area contributed by atoms with Crippen LogP contribution in [0, 0.1) is 5.82 Å². The molecule has 152 valence electrons. The fourth-order valence-corrected chi connectivity index (χ4v) is 3.74. The summed E-state index contributed by atoms with van der Waals surface area (Å²) in [7, 11) is 0. The van der Waals surface area contributed by atoms with Crippen LogP contribution in [0.1, 0.15) is 10.4 Å². The van der Waals surface area contributed by atoms with Gasteiger partial charge >= 0.3 is 0 Å². The second-order valence-corrected chi connectivity index (χ2v) is 7.87. The normalized spacial score (nSPS) is 18.3. The summed E-state index contributed by atoms with van der Waals surface area (Å²) in [6.45, 7) is 2.23. The number of piperazine rings is 1. The van der Waals surface area contributed by atoms with Gasteiger partial charge in [0.1, 0.15) is 11.4 Å². The molecule has 29 heavy (non-hydrogen) atoms. The second-order valence-electron chi connectivity index (χ2n) is 7.43. The number of rotatable bonds is 3. The van der Waals surface area contributed by atoms with Gasteiger partial charge in [0.15, 0.2) is 0 Å². The zero-order valence-electron chi connectivity index (χ0n) is 15.7. The Hall–Kier alpha value is -2.48. The maximum absolute atomic E-state index is 14.0. The number of benzene rings is 2. The van der Waals surface area contributed by atoms with Gasteiger partial charge in [-0.05, 0) is 35.9 Å². The number of ether oxygens (including phenoxy) is 1. The fourth-order valence-electron chi connectivity index (χ4n) is 3.57. The number of amides is 2. The molecule has 2 aromatic carbocycles. The Morgan fingerprint density at radius 3 is 2.21 bits per heavy atom. The molecule has 2 fully saturated rings. The quantitative estimate of drug-likeness (QED) is 0.830. The summed E-state index contributed by atoms with van der Waals surface area (Å²) in [6.07, 6.45) is 0. The second kappa shape index (κ2) is 7.74. The molecule has 2 aliphatic rings. The number of hydrogen-bond acceptors (Lipinski definition) is 4. The van der Waals surface area contributed by atoms with Crippen LogP contribution in [-0.4, -0.2) is 66.5 Å². The molecule has 0 bridgehead atoms. The Morgan fingerprint density at radius 1 is 1.00 bits per heavy atom. The number of nitrogens with zero attached hydrogens (tertiary/aromatic N) is 2. The molecule has 0 saturated carbocycles. The minimum Gasteiger partial charge on any atom is -0.376 e. The first kappa shape index (κ1) is 19.8. The van der Waals surface area contributed by atoms with Crippen molar-refractivity contribution < 1.29 is 18.7 Å². The van der Waals surface area contributed by atoms with Gasteiger partial charge < -0.3 is 20.3 Å². The molecule has 0 spiro atoms. The van der Waals surface area contributed by atoms with Gasteiger partial charge in [-0.2, -0.15) is 0 Å². The van der Waals surface area contributed by atoms with Crippen LogP contribution < -0.4 is 5.73 Å². The molecule has 2 saturated heterocycles. The van der Waals surface area contributed by atoms with E-state index in [4.69, 9.17) is 22.1 Å². The molecule has 2 aromatic rings. The molecule has 2 amide bonds. The summed E-state index contributed by atoms with van der Waals surface area (Å²) in [5.41, 5.74) is 6.64. The summed E-state index contributed by atoms with van der Waals surface area (Å²) >= 11 is 5.95. The lowest BCUT2D eigenvalue weighted by molar-refractivity contribution is -0.155.